The summed E-state index contributed by atoms with van der Waals surface area (Å²) < 4.78 is 0. The Morgan fingerprint density at radius 1 is 1.06 bits per heavy atom. The molecule has 1 aromatic heterocycles. The fourth-order valence-electron chi connectivity index (χ4n) is 4.48. The minimum atomic E-state index is -1.88. The number of thiazole rings is 1. The molecule has 0 aliphatic carbocycles. The van der Waals surface area contributed by atoms with Gasteiger partial charge in [-0.05, 0) is 23.8 Å². The number of Topliss-reactive ketones (excluding diaryl/α,β-unsaturated/α-hetero) is 1. The molecule has 6 heteroatoms. The van der Waals surface area contributed by atoms with Crippen molar-refractivity contribution in [2.24, 2.45) is 0 Å². The number of fused-ring (bicyclic) bond motifs is 2. The first-order chi connectivity index (χ1) is 15.5. The summed E-state index contributed by atoms with van der Waals surface area (Å²) in [7, 11) is 0. The molecule has 4 aromatic rings. The van der Waals surface area contributed by atoms with Crippen LogP contribution in [0.25, 0.3) is 10.8 Å². The lowest BCUT2D eigenvalue weighted by atomic mass is 9.87. The first kappa shape index (κ1) is 20.5. The van der Waals surface area contributed by atoms with E-state index in [0.717, 1.165) is 21.3 Å². The molecule has 2 heterocycles. The van der Waals surface area contributed by atoms with E-state index in [2.05, 4.69) is 4.98 Å². The second kappa shape index (κ2) is 7.97. The smallest absolute Gasteiger partial charge is 0.264 e. The number of aryl methyl sites for hydroxylation is 1. The highest BCUT2D eigenvalue weighted by molar-refractivity contribution is 7.09. The molecule has 0 radical (unpaired) electrons. The topological polar surface area (TPSA) is 70.5 Å². The number of anilines is 1. The maximum Gasteiger partial charge on any atom is 0.264 e. The fourth-order valence-corrected chi connectivity index (χ4v) is 5.25. The van der Waals surface area contributed by atoms with Crippen molar-refractivity contribution < 1.29 is 14.7 Å². The van der Waals surface area contributed by atoms with E-state index in [1.807, 2.05) is 55.5 Å². The lowest BCUT2D eigenvalue weighted by Crippen LogP contribution is -2.42. The van der Waals surface area contributed by atoms with Crippen LogP contribution >= 0.6 is 11.3 Å². The monoisotopic (exact) mass is 442 g/mol. The van der Waals surface area contributed by atoms with Crippen molar-refractivity contribution in [3.63, 3.8) is 0 Å². The average Bonchev–Trinajstić information content (AvgIpc) is 3.31. The zero-order valence-corrected chi connectivity index (χ0v) is 18.4. The van der Waals surface area contributed by atoms with Crippen LogP contribution < -0.4 is 4.90 Å². The Labute approximate surface area is 190 Å². The summed E-state index contributed by atoms with van der Waals surface area (Å²) in [6.45, 7) is 2.37. The summed E-state index contributed by atoms with van der Waals surface area (Å²) in [4.78, 5) is 33.8. The van der Waals surface area contributed by atoms with Gasteiger partial charge in [-0.15, -0.1) is 11.3 Å². The molecule has 5 nitrogen and oxygen atoms in total. The molecule has 1 aliphatic heterocycles. The van der Waals surface area contributed by atoms with Gasteiger partial charge in [0.2, 0.25) is 0 Å². The van der Waals surface area contributed by atoms with Gasteiger partial charge in [0.15, 0.2) is 11.4 Å². The summed E-state index contributed by atoms with van der Waals surface area (Å²) in [5, 5.41) is 13.3. The minimum Gasteiger partial charge on any atom is -0.375 e. The van der Waals surface area contributed by atoms with Crippen molar-refractivity contribution in [1.29, 1.82) is 0 Å². The van der Waals surface area contributed by atoms with Gasteiger partial charge < -0.3 is 10.0 Å². The molecule has 0 unspecified atom stereocenters. The SMILES string of the molecule is Cc1ncsc1CCN1C(=O)[C@@](O)(CC(=O)c2cccc3ccccc23)c2ccccc21. The van der Waals surface area contributed by atoms with E-state index in [9.17, 15) is 14.7 Å². The second-order valence-electron chi connectivity index (χ2n) is 8.07. The Kier molecular flexibility index (Phi) is 5.12. The number of nitrogens with zero attached hydrogens (tertiary/aromatic N) is 2. The van der Waals surface area contributed by atoms with Gasteiger partial charge in [0, 0.05) is 29.0 Å². The molecule has 0 saturated carbocycles. The normalized spacial score (nSPS) is 17.7. The fraction of sp³-hybridized carbons (Fsp3) is 0.192. The third kappa shape index (κ3) is 3.32. The highest BCUT2D eigenvalue weighted by Gasteiger charge is 2.50. The molecule has 0 fully saturated rings. The largest absolute Gasteiger partial charge is 0.375 e. The predicted octanol–water partition coefficient (Wildman–Crippen LogP) is 4.65. The van der Waals surface area contributed by atoms with E-state index in [0.29, 0.717) is 29.8 Å². The number of ketones is 1. The molecule has 0 spiro atoms. The number of rotatable bonds is 6. The summed E-state index contributed by atoms with van der Waals surface area (Å²) in [6.07, 6.45) is 0.344. The minimum absolute atomic E-state index is 0.257. The van der Waals surface area contributed by atoms with Crippen LogP contribution in [0.3, 0.4) is 0 Å². The molecule has 32 heavy (non-hydrogen) atoms. The number of aromatic nitrogens is 1. The van der Waals surface area contributed by atoms with Crippen molar-refractivity contribution in [1.82, 2.24) is 4.98 Å². The molecule has 160 valence electrons. The lowest BCUT2D eigenvalue weighted by molar-refractivity contribution is -0.135. The summed E-state index contributed by atoms with van der Waals surface area (Å²) in [5.41, 5.74) is 2.53. The quantitative estimate of drug-likeness (QED) is 0.441. The van der Waals surface area contributed by atoms with Crippen molar-refractivity contribution in [3.05, 3.63) is 93.9 Å². The molecular weight excluding hydrogens is 420 g/mol. The maximum atomic E-state index is 13.5. The van der Waals surface area contributed by atoms with Crippen LogP contribution in [0, 0.1) is 6.92 Å². The third-order valence-corrected chi connectivity index (χ3v) is 7.15. The molecule has 1 aliphatic rings. The molecular formula is C26H22N2O3S. The Morgan fingerprint density at radius 2 is 1.81 bits per heavy atom. The van der Waals surface area contributed by atoms with Gasteiger partial charge in [-0.25, -0.2) is 4.98 Å². The molecule has 0 bridgehead atoms. The van der Waals surface area contributed by atoms with Crippen LogP contribution in [0.1, 0.15) is 32.9 Å². The Hall–Kier alpha value is -3.35. The van der Waals surface area contributed by atoms with E-state index < -0.39 is 11.5 Å². The second-order valence-corrected chi connectivity index (χ2v) is 9.01. The van der Waals surface area contributed by atoms with Gasteiger partial charge in [-0.3, -0.25) is 9.59 Å². The zero-order valence-electron chi connectivity index (χ0n) is 17.6. The van der Waals surface area contributed by atoms with Gasteiger partial charge >= 0.3 is 0 Å². The Bertz CT molecular complexity index is 1340. The van der Waals surface area contributed by atoms with Crippen molar-refractivity contribution in [3.8, 4) is 0 Å². The van der Waals surface area contributed by atoms with E-state index in [1.54, 1.807) is 39.9 Å². The van der Waals surface area contributed by atoms with Gasteiger partial charge in [0.25, 0.3) is 5.91 Å². The highest BCUT2D eigenvalue weighted by atomic mass is 32.1. The Balaban J connectivity index is 1.47. The van der Waals surface area contributed by atoms with Gasteiger partial charge in [-0.1, -0.05) is 60.7 Å². The number of para-hydroxylation sites is 1. The number of hydrogen-bond donors (Lipinski definition) is 1. The van der Waals surface area contributed by atoms with E-state index in [1.165, 1.54) is 0 Å². The van der Waals surface area contributed by atoms with Crippen LogP contribution in [0.2, 0.25) is 0 Å². The molecule has 1 amide bonds. The van der Waals surface area contributed by atoms with Crippen molar-refractivity contribution in [2.45, 2.75) is 25.4 Å². The zero-order chi connectivity index (χ0) is 22.3. The summed E-state index contributed by atoms with van der Waals surface area (Å²) >= 11 is 1.56. The molecule has 0 saturated heterocycles. The van der Waals surface area contributed by atoms with Crippen LogP contribution in [-0.2, 0) is 16.8 Å². The van der Waals surface area contributed by atoms with Gasteiger partial charge in [0.1, 0.15) is 0 Å². The number of benzene rings is 3. The van der Waals surface area contributed by atoms with E-state index in [-0.39, 0.29) is 12.2 Å². The lowest BCUT2D eigenvalue weighted by Gasteiger charge is -2.23. The number of aliphatic hydroxyl groups is 1. The predicted molar refractivity (Wildman–Crippen MR) is 126 cm³/mol. The Morgan fingerprint density at radius 3 is 2.62 bits per heavy atom. The average molecular weight is 443 g/mol. The molecule has 3 aromatic carbocycles. The maximum absolute atomic E-state index is 13.5. The third-order valence-electron chi connectivity index (χ3n) is 6.15. The van der Waals surface area contributed by atoms with Crippen molar-refractivity contribution in [2.75, 3.05) is 11.4 Å². The highest BCUT2D eigenvalue weighted by Crippen LogP contribution is 2.43. The standard InChI is InChI=1S/C26H22N2O3S/c1-17-24(32-16-27-17)13-14-28-22-12-5-4-11-21(22)26(31,25(28)30)15-23(29)20-10-6-8-18-7-2-3-9-19(18)20/h2-12,16,31H,13-15H2,1H3/t26-/m1/s1. The van der Waals surface area contributed by atoms with Crippen LogP contribution in [0.5, 0.6) is 0 Å². The molecule has 1 atom stereocenters. The molecule has 5 rings (SSSR count). The summed E-state index contributed by atoms with van der Waals surface area (Å²) in [6, 6.07) is 20.4. The first-order valence-electron chi connectivity index (χ1n) is 10.5. The van der Waals surface area contributed by atoms with Gasteiger partial charge in [0.05, 0.1) is 23.3 Å². The first-order valence-corrected chi connectivity index (χ1v) is 11.4. The number of carbonyl (C=O) groups excluding carboxylic acids is 2. The van der Waals surface area contributed by atoms with Crippen LogP contribution in [0.4, 0.5) is 5.69 Å². The van der Waals surface area contributed by atoms with Gasteiger partial charge in [-0.2, -0.15) is 0 Å². The van der Waals surface area contributed by atoms with Crippen molar-refractivity contribution >= 4 is 39.5 Å². The number of carbonyl (C=O) groups is 2. The van der Waals surface area contributed by atoms with Crippen LogP contribution in [-0.4, -0.2) is 28.3 Å². The van der Waals surface area contributed by atoms with Crippen LogP contribution in [0.15, 0.2) is 72.2 Å². The number of amides is 1. The van der Waals surface area contributed by atoms with E-state index >= 15 is 0 Å². The van der Waals surface area contributed by atoms with E-state index in [4.69, 9.17) is 0 Å². The molecule has 1 N–H and O–H groups in total. The summed E-state index contributed by atoms with van der Waals surface area (Å²) in [5.74, 6) is -0.706. The number of hydrogen-bond acceptors (Lipinski definition) is 5.